The maximum atomic E-state index is 12.7. The van der Waals surface area contributed by atoms with Crippen LogP contribution in [-0.2, 0) is 0 Å². The molecule has 32 heavy (non-hydrogen) atoms. The molecule has 0 aliphatic rings. The smallest absolute Gasteiger partial charge is 0.347 e. The van der Waals surface area contributed by atoms with E-state index < -0.39 is 16.8 Å². The number of carbonyl (C=O) groups excluding carboxylic acids is 2. The van der Waals surface area contributed by atoms with Crippen LogP contribution in [0.4, 0.5) is 5.69 Å². The van der Waals surface area contributed by atoms with Crippen LogP contribution in [0.2, 0.25) is 5.02 Å². The molecule has 10 heteroatoms. The van der Waals surface area contributed by atoms with Crippen LogP contribution in [0, 0.1) is 10.1 Å². The summed E-state index contributed by atoms with van der Waals surface area (Å²) in [7, 11) is 1.39. The number of benzene rings is 3. The number of carbonyl (C=O) groups is 2. The lowest BCUT2D eigenvalue weighted by atomic mass is 10.1. The third-order valence-corrected chi connectivity index (χ3v) is 4.43. The van der Waals surface area contributed by atoms with Crippen molar-refractivity contribution in [2.45, 2.75) is 0 Å². The second-order valence-corrected chi connectivity index (χ2v) is 6.71. The van der Waals surface area contributed by atoms with Gasteiger partial charge in [0.15, 0.2) is 0 Å². The average Bonchev–Trinajstić information content (AvgIpc) is 2.80. The number of rotatable bonds is 7. The molecule has 162 valence electrons. The maximum Gasteiger partial charge on any atom is 0.347 e. The standard InChI is InChI=1S/C22H16ClN3O6/c1-31-20-9-7-16(23)12-18(20)22(28)32-19-10-8-17(26(29)30)11-15(19)13-24-25-21(27)14-5-3-2-4-6-14/h2-13H,1H3,(H,25,27)/b24-13+. The highest BCUT2D eigenvalue weighted by atomic mass is 35.5. The average molecular weight is 454 g/mol. The van der Waals surface area contributed by atoms with Crippen LogP contribution in [0.25, 0.3) is 0 Å². The molecule has 0 aromatic heterocycles. The number of methoxy groups -OCH3 is 1. The van der Waals surface area contributed by atoms with Crippen molar-refractivity contribution >= 4 is 35.4 Å². The maximum absolute atomic E-state index is 12.7. The van der Waals surface area contributed by atoms with Gasteiger partial charge < -0.3 is 9.47 Å². The number of ether oxygens (including phenoxy) is 2. The molecular weight excluding hydrogens is 438 g/mol. The molecule has 0 spiro atoms. The zero-order valence-electron chi connectivity index (χ0n) is 16.7. The Bertz CT molecular complexity index is 1200. The number of amides is 1. The highest BCUT2D eigenvalue weighted by Gasteiger charge is 2.18. The van der Waals surface area contributed by atoms with Crippen molar-refractivity contribution in [3.05, 3.63) is 98.6 Å². The van der Waals surface area contributed by atoms with E-state index >= 15 is 0 Å². The van der Waals surface area contributed by atoms with Gasteiger partial charge in [0.2, 0.25) is 0 Å². The zero-order valence-corrected chi connectivity index (χ0v) is 17.4. The van der Waals surface area contributed by atoms with Gasteiger partial charge in [0.05, 0.1) is 18.2 Å². The minimum Gasteiger partial charge on any atom is -0.496 e. The Labute approximate surface area is 187 Å². The first-order valence-electron chi connectivity index (χ1n) is 9.11. The number of hydrogen-bond acceptors (Lipinski definition) is 7. The number of nitrogens with one attached hydrogen (secondary N) is 1. The molecule has 3 rings (SSSR count). The topological polar surface area (TPSA) is 120 Å². The van der Waals surface area contributed by atoms with E-state index in [1.807, 2.05) is 0 Å². The molecule has 3 aromatic carbocycles. The molecule has 0 atom stereocenters. The van der Waals surface area contributed by atoms with Gasteiger partial charge in [-0.05, 0) is 36.4 Å². The van der Waals surface area contributed by atoms with Crippen molar-refractivity contribution in [3.63, 3.8) is 0 Å². The molecule has 0 aliphatic heterocycles. The molecule has 9 nitrogen and oxygen atoms in total. The Kier molecular flexibility index (Phi) is 7.14. The van der Waals surface area contributed by atoms with Gasteiger partial charge in [-0.2, -0.15) is 5.10 Å². The molecule has 1 amide bonds. The summed E-state index contributed by atoms with van der Waals surface area (Å²) < 4.78 is 10.6. The monoisotopic (exact) mass is 453 g/mol. The second-order valence-electron chi connectivity index (χ2n) is 6.28. The Hall–Kier alpha value is -4.24. The molecule has 0 saturated heterocycles. The molecule has 0 fully saturated rings. The number of nitrogens with zero attached hydrogens (tertiary/aromatic N) is 2. The quantitative estimate of drug-likeness (QED) is 0.188. The summed E-state index contributed by atoms with van der Waals surface area (Å²) in [6.07, 6.45) is 1.14. The summed E-state index contributed by atoms with van der Waals surface area (Å²) in [5, 5.41) is 15.3. The Balaban J connectivity index is 1.86. The van der Waals surface area contributed by atoms with Crippen LogP contribution in [0.15, 0.2) is 71.8 Å². The Morgan fingerprint density at radius 2 is 1.78 bits per heavy atom. The van der Waals surface area contributed by atoms with Gasteiger partial charge in [-0.3, -0.25) is 14.9 Å². The van der Waals surface area contributed by atoms with E-state index in [1.54, 1.807) is 36.4 Å². The van der Waals surface area contributed by atoms with Crippen LogP contribution in [0.5, 0.6) is 11.5 Å². The van der Waals surface area contributed by atoms with Gasteiger partial charge in [0, 0.05) is 28.3 Å². The highest BCUT2D eigenvalue weighted by molar-refractivity contribution is 6.31. The van der Waals surface area contributed by atoms with Crippen LogP contribution in [0.3, 0.4) is 0 Å². The predicted octanol–water partition coefficient (Wildman–Crippen LogP) is 4.24. The third-order valence-electron chi connectivity index (χ3n) is 4.19. The molecule has 3 aromatic rings. The number of hydrazone groups is 1. The van der Waals surface area contributed by atoms with Crippen LogP contribution in [-0.4, -0.2) is 30.1 Å². The van der Waals surface area contributed by atoms with Gasteiger partial charge in [-0.15, -0.1) is 0 Å². The van der Waals surface area contributed by atoms with Crippen LogP contribution >= 0.6 is 11.6 Å². The lowest BCUT2D eigenvalue weighted by molar-refractivity contribution is -0.384. The lowest BCUT2D eigenvalue weighted by Crippen LogP contribution is -2.17. The van der Waals surface area contributed by atoms with E-state index in [0.717, 1.165) is 12.3 Å². The number of halogens is 1. The largest absolute Gasteiger partial charge is 0.496 e. The predicted molar refractivity (Wildman–Crippen MR) is 118 cm³/mol. The summed E-state index contributed by atoms with van der Waals surface area (Å²) in [6.45, 7) is 0. The molecule has 0 heterocycles. The summed E-state index contributed by atoms with van der Waals surface area (Å²) in [6, 6.07) is 16.4. The number of esters is 1. The minimum absolute atomic E-state index is 0.0136. The van der Waals surface area contributed by atoms with Gasteiger partial charge >= 0.3 is 5.97 Å². The van der Waals surface area contributed by atoms with E-state index in [4.69, 9.17) is 21.1 Å². The lowest BCUT2D eigenvalue weighted by Gasteiger charge is -2.10. The van der Waals surface area contributed by atoms with Gasteiger partial charge in [0.1, 0.15) is 17.1 Å². The Morgan fingerprint density at radius 3 is 2.47 bits per heavy atom. The van der Waals surface area contributed by atoms with E-state index in [-0.39, 0.29) is 28.3 Å². The number of nitro groups is 1. The van der Waals surface area contributed by atoms with Gasteiger partial charge in [0.25, 0.3) is 11.6 Å². The third kappa shape index (κ3) is 5.46. The van der Waals surface area contributed by atoms with Crippen molar-refractivity contribution in [2.24, 2.45) is 5.10 Å². The second kappa shape index (κ2) is 10.2. The summed E-state index contributed by atoms with van der Waals surface area (Å²) >= 11 is 5.96. The summed E-state index contributed by atoms with van der Waals surface area (Å²) in [5.41, 5.74) is 2.61. The summed E-state index contributed by atoms with van der Waals surface area (Å²) in [4.78, 5) is 35.3. The molecule has 0 bridgehead atoms. The van der Waals surface area contributed by atoms with Gasteiger partial charge in [-0.1, -0.05) is 29.8 Å². The molecule has 0 radical (unpaired) electrons. The van der Waals surface area contributed by atoms with Crippen LogP contribution < -0.4 is 14.9 Å². The SMILES string of the molecule is COc1ccc(Cl)cc1C(=O)Oc1ccc([N+](=O)[O-])cc1/C=N/NC(=O)c1ccccc1. The van der Waals surface area contributed by atoms with E-state index in [0.29, 0.717) is 10.6 Å². The minimum atomic E-state index is -0.791. The van der Waals surface area contributed by atoms with Crippen molar-refractivity contribution in [3.8, 4) is 11.5 Å². The van der Waals surface area contributed by atoms with E-state index in [1.165, 1.54) is 31.4 Å². The molecule has 0 aliphatic carbocycles. The van der Waals surface area contributed by atoms with Gasteiger partial charge in [-0.25, -0.2) is 10.2 Å². The molecule has 0 saturated carbocycles. The number of nitro benzene ring substituents is 1. The Morgan fingerprint density at radius 1 is 1.06 bits per heavy atom. The van der Waals surface area contributed by atoms with E-state index in [9.17, 15) is 19.7 Å². The van der Waals surface area contributed by atoms with Crippen LogP contribution in [0.1, 0.15) is 26.3 Å². The number of non-ortho nitro benzene ring substituents is 1. The first-order valence-corrected chi connectivity index (χ1v) is 9.49. The van der Waals surface area contributed by atoms with Crippen molar-refractivity contribution in [1.82, 2.24) is 5.43 Å². The molecular formula is C22H16ClN3O6. The highest BCUT2D eigenvalue weighted by Crippen LogP contribution is 2.27. The molecule has 0 unspecified atom stereocenters. The fraction of sp³-hybridized carbons (Fsp3) is 0.0455. The fourth-order valence-corrected chi connectivity index (χ4v) is 2.82. The zero-order chi connectivity index (χ0) is 23.1. The normalized spacial score (nSPS) is 10.6. The first-order chi connectivity index (χ1) is 15.4. The van der Waals surface area contributed by atoms with Crippen molar-refractivity contribution in [1.29, 1.82) is 0 Å². The van der Waals surface area contributed by atoms with Crippen molar-refractivity contribution < 1.29 is 24.0 Å². The van der Waals surface area contributed by atoms with E-state index in [2.05, 4.69) is 10.5 Å². The summed E-state index contributed by atoms with van der Waals surface area (Å²) in [5.74, 6) is -1.04. The van der Waals surface area contributed by atoms with Crippen molar-refractivity contribution in [2.75, 3.05) is 7.11 Å². The fourth-order valence-electron chi connectivity index (χ4n) is 2.65. The molecule has 1 N–H and O–H groups in total. The number of hydrogen-bond donors (Lipinski definition) is 1. The first kappa shape index (κ1) is 22.4.